The SMILES string of the molecule is Nc1ccc(F)cc1SCc1cccc([N+](=O)[O-])c1F. The summed E-state index contributed by atoms with van der Waals surface area (Å²) >= 11 is 1.12. The van der Waals surface area contributed by atoms with Gasteiger partial charge in [0.1, 0.15) is 5.82 Å². The van der Waals surface area contributed by atoms with Crippen molar-refractivity contribution in [1.29, 1.82) is 0 Å². The molecule has 0 aliphatic carbocycles. The maximum atomic E-state index is 13.8. The van der Waals surface area contributed by atoms with Crippen LogP contribution in [0.5, 0.6) is 0 Å². The van der Waals surface area contributed by atoms with Gasteiger partial charge in [-0.05, 0) is 18.2 Å². The highest BCUT2D eigenvalue weighted by Gasteiger charge is 2.17. The molecule has 7 heteroatoms. The lowest BCUT2D eigenvalue weighted by Gasteiger charge is -2.06. The van der Waals surface area contributed by atoms with E-state index in [0.29, 0.717) is 10.6 Å². The van der Waals surface area contributed by atoms with E-state index in [1.165, 1.54) is 30.3 Å². The highest BCUT2D eigenvalue weighted by molar-refractivity contribution is 7.98. The van der Waals surface area contributed by atoms with Crippen LogP contribution in [0.1, 0.15) is 5.56 Å². The molecule has 0 heterocycles. The second-order valence-electron chi connectivity index (χ2n) is 3.98. The number of anilines is 1. The zero-order valence-corrected chi connectivity index (χ0v) is 11.0. The molecule has 0 amide bonds. The average molecular weight is 296 g/mol. The van der Waals surface area contributed by atoms with Gasteiger partial charge in [-0.3, -0.25) is 10.1 Å². The summed E-state index contributed by atoms with van der Waals surface area (Å²) in [7, 11) is 0. The van der Waals surface area contributed by atoms with E-state index in [-0.39, 0.29) is 11.3 Å². The first-order valence-corrected chi connectivity index (χ1v) is 6.57. The summed E-state index contributed by atoms with van der Waals surface area (Å²) in [6.45, 7) is 0. The molecule has 2 N–H and O–H groups in total. The summed E-state index contributed by atoms with van der Waals surface area (Å²) in [6, 6.07) is 7.85. The molecule has 2 rings (SSSR count). The van der Waals surface area contributed by atoms with Crippen LogP contribution in [0.25, 0.3) is 0 Å². The van der Waals surface area contributed by atoms with E-state index in [1.807, 2.05) is 0 Å². The largest absolute Gasteiger partial charge is 0.398 e. The van der Waals surface area contributed by atoms with Gasteiger partial charge in [-0.25, -0.2) is 4.39 Å². The molecule has 0 fully saturated rings. The molecule has 4 nitrogen and oxygen atoms in total. The predicted octanol–water partition coefficient (Wildman–Crippen LogP) is 3.75. The number of benzene rings is 2. The Morgan fingerprint density at radius 1 is 1.25 bits per heavy atom. The van der Waals surface area contributed by atoms with Crippen molar-refractivity contribution in [3.05, 3.63) is 63.7 Å². The van der Waals surface area contributed by atoms with Gasteiger partial charge >= 0.3 is 5.69 Å². The number of nitrogens with two attached hydrogens (primary N) is 1. The Labute approximate surface area is 117 Å². The highest BCUT2D eigenvalue weighted by Crippen LogP contribution is 2.31. The lowest BCUT2D eigenvalue weighted by atomic mass is 10.2. The number of nitro benzene ring substituents is 1. The van der Waals surface area contributed by atoms with Crippen LogP contribution >= 0.6 is 11.8 Å². The van der Waals surface area contributed by atoms with Crippen LogP contribution in [0.3, 0.4) is 0 Å². The molecular formula is C13H10F2N2O2S. The number of thioether (sulfide) groups is 1. The molecule has 0 saturated heterocycles. The van der Waals surface area contributed by atoms with Crippen LogP contribution in [0.4, 0.5) is 20.2 Å². The van der Waals surface area contributed by atoms with E-state index in [4.69, 9.17) is 5.73 Å². The van der Waals surface area contributed by atoms with Gasteiger partial charge in [-0.15, -0.1) is 11.8 Å². The molecule has 0 aromatic heterocycles. The first-order chi connectivity index (χ1) is 9.49. The summed E-state index contributed by atoms with van der Waals surface area (Å²) in [6.07, 6.45) is 0. The van der Waals surface area contributed by atoms with Crippen molar-refractivity contribution in [3.8, 4) is 0 Å². The number of nitrogen functional groups attached to an aromatic ring is 1. The fraction of sp³-hybridized carbons (Fsp3) is 0.0769. The molecule has 0 spiro atoms. The average Bonchev–Trinajstić information content (AvgIpc) is 2.41. The topological polar surface area (TPSA) is 69.2 Å². The van der Waals surface area contributed by atoms with Gasteiger partial charge < -0.3 is 5.73 Å². The van der Waals surface area contributed by atoms with Gasteiger partial charge in [0.05, 0.1) is 4.92 Å². The number of rotatable bonds is 4. The smallest absolute Gasteiger partial charge is 0.305 e. The van der Waals surface area contributed by atoms with Crippen molar-refractivity contribution in [2.24, 2.45) is 0 Å². The van der Waals surface area contributed by atoms with Gasteiger partial charge in [0.25, 0.3) is 0 Å². The number of hydrogen-bond acceptors (Lipinski definition) is 4. The van der Waals surface area contributed by atoms with E-state index in [1.54, 1.807) is 0 Å². The predicted molar refractivity (Wildman–Crippen MR) is 73.4 cm³/mol. The molecule has 0 unspecified atom stereocenters. The lowest BCUT2D eigenvalue weighted by Crippen LogP contribution is -1.97. The maximum absolute atomic E-state index is 13.8. The Morgan fingerprint density at radius 3 is 2.70 bits per heavy atom. The first kappa shape index (κ1) is 14.3. The van der Waals surface area contributed by atoms with Gasteiger partial charge in [0.15, 0.2) is 0 Å². The molecule has 20 heavy (non-hydrogen) atoms. The Kier molecular flexibility index (Phi) is 4.19. The number of halogens is 2. The molecule has 0 radical (unpaired) electrons. The van der Waals surface area contributed by atoms with E-state index in [9.17, 15) is 18.9 Å². The number of nitro groups is 1. The summed E-state index contributed by atoms with van der Waals surface area (Å²) in [4.78, 5) is 10.3. The lowest BCUT2D eigenvalue weighted by molar-refractivity contribution is -0.387. The van der Waals surface area contributed by atoms with Crippen LogP contribution in [0, 0.1) is 21.7 Å². The molecule has 104 valence electrons. The van der Waals surface area contributed by atoms with Crippen molar-refractivity contribution in [3.63, 3.8) is 0 Å². The Balaban J connectivity index is 2.21. The minimum atomic E-state index is -0.875. The van der Waals surface area contributed by atoms with Gasteiger partial charge in [-0.1, -0.05) is 12.1 Å². The maximum Gasteiger partial charge on any atom is 0.305 e. The molecule has 0 atom stereocenters. The van der Waals surface area contributed by atoms with Crippen LogP contribution < -0.4 is 5.73 Å². The standard InChI is InChI=1S/C13H10F2N2O2S/c14-9-4-5-10(16)12(6-9)20-7-8-2-1-3-11(13(8)15)17(18)19/h1-6H,7,16H2. The third-order valence-corrected chi connectivity index (χ3v) is 3.73. The molecule has 2 aromatic rings. The highest BCUT2D eigenvalue weighted by atomic mass is 32.2. The number of hydrogen-bond donors (Lipinski definition) is 1. The molecule has 0 bridgehead atoms. The summed E-state index contributed by atoms with van der Waals surface area (Å²) in [5.41, 5.74) is 5.66. The monoisotopic (exact) mass is 296 g/mol. The molecule has 0 aliphatic heterocycles. The van der Waals surface area contributed by atoms with Gasteiger partial charge in [-0.2, -0.15) is 4.39 Å². The minimum Gasteiger partial charge on any atom is -0.398 e. The van der Waals surface area contributed by atoms with E-state index >= 15 is 0 Å². The molecule has 0 saturated carbocycles. The zero-order valence-electron chi connectivity index (χ0n) is 10.2. The van der Waals surface area contributed by atoms with Crippen molar-refractivity contribution in [1.82, 2.24) is 0 Å². The zero-order chi connectivity index (χ0) is 14.7. The quantitative estimate of drug-likeness (QED) is 0.404. The molecular weight excluding hydrogens is 286 g/mol. The Morgan fingerprint density at radius 2 is 2.00 bits per heavy atom. The third-order valence-electron chi connectivity index (χ3n) is 2.61. The fourth-order valence-corrected chi connectivity index (χ4v) is 2.57. The van der Waals surface area contributed by atoms with Gasteiger partial charge in [0.2, 0.25) is 5.82 Å². The number of nitrogens with zero attached hydrogens (tertiary/aromatic N) is 1. The van der Waals surface area contributed by atoms with Crippen LogP contribution in [-0.2, 0) is 5.75 Å². The van der Waals surface area contributed by atoms with Gasteiger partial charge in [0, 0.05) is 28.0 Å². The van der Waals surface area contributed by atoms with E-state index in [2.05, 4.69) is 0 Å². The van der Waals surface area contributed by atoms with Crippen LogP contribution in [-0.4, -0.2) is 4.92 Å². The van der Waals surface area contributed by atoms with E-state index < -0.39 is 22.2 Å². The molecule has 2 aromatic carbocycles. The second-order valence-corrected chi connectivity index (χ2v) is 5.00. The third kappa shape index (κ3) is 3.05. The summed E-state index contributed by atoms with van der Waals surface area (Å²) in [5, 5.41) is 10.6. The summed E-state index contributed by atoms with van der Waals surface area (Å²) in [5.74, 6) is -1.19. The van der Waals surface area contributed by atoms with Crippen molar-refractivity contribution in [2.75, 3.05) is 5.73 Å². The normalized spacial score (nSPS) is 10.5. The van der Waals surface area contributed by atoms with Crippen molar-refractivity contribution < 1.29 is 13.7 Å². The van der Waals surface area contributed by atoms with E-state index in [0.717, 1.165) is 17.8 Å². The Hall–Kier alpha value is -2.15. The fourth-order valence-electron chi connectivity index (χ4n) is 1.61. The summed E-state index contributed by atoms with van der Waals surface area (Å²) < 4.78 is 26.9. The first-order valence-electron chi connectivity index (χ1n) is 5.58. The second kappa shape index (κ2) is 5.87. The Bertz CT molecular complexity index is 665. The van der Waals surface area contributed by atoms with Crippen LogP contribution in [0.15, 0.2) is 41.3 Å². The minimum absolute atomic E-state index is 0.126. The molecule has 0 aliphatic rings. The van der Waals surface area contributed by atoms with Crippen molar-refractivity contribution in [2.45, 2.75) is 10.6 Å². The van der Waals surface area contributed by atoms with Crippen LogP contribution in [0.2, 0.25) is 0 Å². The van der Waals surface area contributed by atoms with Crippen molar-refractivity contribution >= 4 is 23.1 Å².